The summed E-state index contributed by atoms with van der Waals surface area (Å²) in [7, 11) is 1.66. The molecule has 0 aliphatic carbocycles. The minimum absolute atomic E-state index is 0.139. The number of aryl methyl sites for hydroxylation is 1. The molecule has 0 saturated carbocycles. The summed E-state index contributed by atoms with van der Waals surface area (Å²) >= 11 is 0. The Morgan fingerprint density at radius 3 is 2.87 bits per heavy atom. The third-order valence-corrected chi connectivity index (χ3v) is 4.62. The van der Waals surface area contributed by atoms with Crippen LogP contribution in [0.1, 0.15) is 38.2 Å². The molecule has 1 aliphatic heterocycles. The van der Waals surface area contributed by atoms with Gasteiger partial charge in [0.2, 0.25) is 5.91 Å². The van der Waals surface area contributed by atoms with Crippen molar-refractivity contribution in [2.75, 3.05) is 33.3 Å². The van der Waals surface area contributed by atoms with Crippen molar-refractivity contribution in [3.63, 3.8) is 0 Å². The zero-order chi connectivity index (χ0) is 16.5. The lowest BCUT2D eigenvalue weighted by Gasteiger charge is -2.30. The molecule has 0 bridgehead atoms. The maximum atomic E-state index is 11.9. The van der Waals surface area contributed by atoms with Crippen molar-refractivity contribution < 1.29 is 9.53 Å². The number of methoxy groups -OCH3 is 1. The van der Waals surface area contributed by atoms with Crippen molar-refractivity contribution in [2.45, 2.75) is 39.0 Å². The lowest BCUT2D eigenvalue weighted by atomic mass is 9.99. The summed E-state index contributed by atoms with van der Waals surface area (Å²) in [6.07, 6.45) is 4.96. The Bertz CT molecular complexity index is 482. The first-order valence-corrected chi connectivity index (χ1v) is 8.79. The molecule has 1 aromatic carbocycles. The van der Waals surface area contributed by atoms with Crippen LogP contribution in [0.2, 0.25) is 0 Å². The number of hydrogen-bond donors (Lipinski definition) is 1. The van der Waals surface area contributed by atoms with Crippen molar-refractivity contribution in [3.05, 3.63) is 29.8 Å². The molecule has 0 spiro atoms. The average Bonchev–Trinajstić information content (AvgIpc) is 2.58. The molecular weight excluding hydrogens is 288 g/mol. The van der Waals surface area contributed by atoms with Crippen molar-refractivity contribution in [1.82, 2.24) is 10.2 Å². The molecule has 1 fully saturated rings. The van der Waals surface area contributed by atoms with Crippen molar-refractivity contribution in [3.8, 4) is 5.75 Å². The highest BCUT2D eigenvalue weighted by molar-refractivity contribution is 5.76. The summed E-state index contributed by atoms with van der Waals surface area (Å²) in [5.41, 5.74) is 1.14. The number of nitrogens with one attached hydrogen (secondary N) is 1. The quantitative estimate of drug-likeness (QED) is 0.749. The summed E-state index contributed by atoms with van der Waals surface area (Å²) in [5, 5.41) is 3.03. The van der Waals surface area contributed by atoms with E-state index in [4.69, 9.17) is 4.74 Å². The van der Waals surface area contributed by atoms with Crippen LogP contribution in [-0.4, -0.2) is 44.1 Å². The molecule has 4 nitrogen and oxygen atoms in total. The van der Waals surface area contributed by atoms with Crippen LogP contribution in [0.15, 0.2) is 24.3 Å². The Morgan fingerprint density at radius 2 is 2.13 bits per heavy atom. The fourth-order valence-corrected chi connectivity index (χ4v) is 2.99. The van der Waals surface area contributed by atoms with Gasteiger partial charge in [0.15, 0.2) is 0 Å². The highest BCUT2D eigenvalue weighted by Gasteiger charge is 2.14. The Kier molecular flexibility index (Phi) is 7.40. The van der Waals surface area contributed by atoms with E-state index in [1.54, 1.807) is 7.11 Å². The molecule has 1 aliphatic rings. The van der Waals surface area contributed by atoms with E-state index in [9.17, 15) is 4.79 Å². The molecule has 0 atom stereocenters. The molecule has 23 heavy (non-hydrogen) atoms. The number of carbonyl (C=O) groups excluding carboxylic acids is 1. The molecule has 2 rings (SSSR count). The smallest absolute Gasteiger partial charge is 0.220 e. The number of amides is 1. The van der Waals surface area contributed by atoms with Gasteiger partial charge in [0, 0.05) is 13.0 Å². The topological polar surface area (TPSA) is 41.6 Å². The van der Waals surface area contributed by atoms with Gasteiger partial charge in [-0.3, -0.25) is 4.79 Å². The van der Waals surface area contributed by atoms with Gasteiger partial charge in [0.1, 0.15) is 5.75 Å². The highest BCUT2D eigenvalue weighted by Crippen LogP contribution is 2.16. The van der Waals surface area contributed by atoms with Crippen LogP contribution in [0.3, 0.4) is 0 Å². The zero-order valence-electron chi connectivity index (χ0n) is 14.5. The standard InChI is InChI=1S/C19H30N2O2/c1-16-9-13-21(14-10-16)12-4-11-20-19(22)8-7-17-5-3-6-18(15-17)23-2/h3,5-6,15-16H,4,7-14H2,1-2H3,(H,20,22). The fraction of sp³-hybridized carbons (Fsp3) is 0.632. The van der Waals surface area contributed by atoms with Crippen LogP contribution in [-0.2, 0) is 11.2 Å². The van der Waals surface area contributed by atoms with Gasteiger partial charge in [0.05, 0.1) is 7.11 Å². The van der Waals surface area contributed by atoms with Crippen LogP contribution < -0.4 is 10.1 Å². The first kappa shape index (κ1) is 17.8. The zero-order valence-corrected chi connectivity index (χ0v) is 14.5. The number of piperidine rings is 1. The van der Waals surface area contributed by atoms with E-state index in [2.05, 4.69) is 17.1 Å². The number of rotatable bonds is 8. The van der Waals surface area contributed by atoms with Crippen molar-refractivity contribution >= 4 is 5.91 Å². The van der Waals surface area contributed by atoms with Crippen LogP contribution in [0.4, 0.5) is 0 Å². The van der Waals surface area contributed by atoms with Crippen molar-refractivity contribution in [1.29, 1.82) is 0 Å². The molecule has 4 heteroatoms. The maximum absolute atomic E-state index is 11.9. The molecule has 1 N–H and O–H groups in total. The predicted octanol–water partition coefficient (Wildman–Crippen LogP) is 2.87. The first-order valence-electron chi connectivity index (χ1n) is 8.79. The maximum Gasteiger partial charge on any atom is 0.220 e. The van der Waals surface area contributed by atoms with Gasteiger partial charge >= 0.3 is 0 Å². The van der Waals surface area contributed by atoms with E-state index in [-0.39, 0.29) is 5.91 Å². The van der Waals surface area contributed by atoms with E-state index < -0.39 is 0 Å². The molecular formula is C19H30N2O2. The molecule has 1 amide bonds. The molecule has 128 valence electrons. The van der Waals surface area contributed by atoms with Gasteiger partial charge in [-0.15, -0.1) is 0 Å². The number of hydrogen-bond acceptors (Lipinski definition) is 3. The van der Waals surface area contributed by atoms with Crippen LogP contribution in [0, 0.1) is 5.92 Å². The Morgan fingerprint density at radius 1 is 1.35 bits per heavy atom. The lowest BCUT2D eigenvalue weighted by molar-refractivity contribution is -0.121. The number of likely N-dealkylation sites (tertiary alicyclic amines) is 1. The fourth-order valence-electron chi connectivity index (χ4n) is 2.99. The second-order valence-corrected chi connectivity index (χ2v) is 6.58. The van der Waals surface area contributed by atoms with Gasteiger partial charge in [-0.05, 0) is 68.9 Å². The Balaban J connectivity index is 1.56. The van der Waals surface area contributed by atoms with E-state index >= 15 is 0 Å². The van der Waals surface area contributed by atoms with E-state index in [0.717, 1.165) is 43.2 Å². The number of nitrogens with zero attached hydrogens (tertiary/aromatic N) is 1. The van der Waals surface area contributed by atoms with Gasteiger partial charge in [-0.1, -0.05) is 19.1 Å². The van der Waals surface area contributed by atoms with Crippen LogP contribution in [0.5, 0.6) is 5.75 Å². The summed E-state index contributed by atoms with van der Waals surface area (Å²) < 4.78 is 5.20. The van der Waals surface area contributed by atoms with E-state index in [0.29, 0.717) is 6.42 Å². The summed E-state index contributed by atoms with van der Waals surface area (Å²) in [5.74, 6) is 1.86. The summed E-state index contributed by atoms with van der Waals surface area (Å²) in [6, 6.07) is 7.91. The minimum atomic E-state index is 0.139. The number of benzene rings is 1. The minimum Gasteiger partial charge on any atom is -0.497 e. The third-order valence-electron chi connectivity index (χ3n) is 4.62. The average molecular weight is 318 g/mol. The van der Waals surface area contributed by atoms with Gasteiger partial charge in [-0.2, -0.15) is 0 Å². The molecule has 0 aromatic heterocycles. The summed E-state index contributed by atoms with van der Waals surface area (Å²) in [6.45, 7) is 6.64. The lowest BCUT2D eigenvalue weighted by Crippen LogP contribution is -2.35. The largest absolute Gasteiger partial charge is 0.497 e. The van der Waals surface area contributed by atoms with E-state index in [1.165, 1.54) is 25.9 Å². The second kappa shape index (κ2) is 9.56. The molecule has 0 radical (unpaired) electrons. The third kappa shape index (κ3) is 6.61. The van der Waals surface area contributed by atoms with E-state index in [1.807, 2.05) is 24.3 Å². The SMILES string of the molecule is COc1cccc(CCC(=O)NCCCN2CCC(C)CC2)c1. The molecule has 1 saturated heterocycles. The van der Waals surface area contributed by atoms with Gasteiger partial charge in [-0.25, -0.2) is 0 Å². The molecule has 0 unspecified atom stereocenters. The van der Waals surface area contributed by atoms with Gasteiger partial charge < -0.3 is 15.0 Å². The first-order chi connectivity index (χ1) is 11.2. The Hall–Kier alpha value is -1.55. The number of ether oxygens (including phenoxy) is 1. The predicted molar refractivity (Wildman–Crippen MR) is 93.8 cm³/mol. The normalized spacial score (nSPS) is 16.3. The second-order valence-electron chi connectivity index (χ2n) is 6.58. The monoisotopic (exact) mass is 318 g/mol. The molecule has 1 heterocycles. The van der Waals surface area contributed by atoms with Gasteiger partial charge in [0.25, 0.3) is 0 Å². The highest BCUT2D eigenvalue weighted by atomic mass is 16.5. The molecule has 1 aromatic rings. The van der Waals surface area contributed by atoms with Crippen LogP contribution in [0.25, 0.3) is 0 Å². The number of carbonyl (C=O) groups is 1. The van der Waals surface area contributed by atoms with Crippen molar-refractivity contribution in [2.24, 2.45) is 5.92 Å². The Labute approximate surface area is 140 Å². The van der Waals surface area contributed by atoms with Crippen LogP contribution >= 0.6 is 0 Å². The summed E-state index contributed by atoms with van der Waals surface area (Å²) in [4.78, 5) is 14.4.